The van der Waals surface area contributed by atoms with Crippen LogP contribution in [-0.2, 0) is 21.7 Å². The lowest BCUT2D eigenvalue weighted by molar-refractivity contribution is -0.119. The molecule has 1 aliphatic rings. The van der Waals surface area contributed by atoms with Gasteiger partial charge in [-0.2, -0.15) is 0 Å². The summed E-state index contributed by atoms with van der Waals surface area (Å²) in [6, 6.07) is 9.42. The van der Waals surface area contributed by atoms with Gasteiger partial charge >= 0.3 is 0 Å². The fourth-order valence-electron chi connectivity index (χ4n) is 2.59. The molecule has 1 aromatic carbocycles. The summed E-state index contributed by atoms with van der Waals surface area (Å²) in [4.78, 5) is 12.0. The largest absolute Gasteiger partial charge is 0.352 e. The first-order chi connectivity index (χ1) is 11.4. The number of carbonyl (C=O) groups is 1. The molecule has 0 bridgehead atoms. The van der Waals surface area contributed by atoms with Gasteiger partial charge < -0.3 is 9.88 Å². The molecule has 1 amide bonds. The Labute approximate surface area is 144 Å². The summed E-state index contributed by atoms with van der Waals surface area (Å²) in [5.41, 5.74) is 0.958. The number of nitrogens with one attached hydrogen (secondary N) is 1. The van der Waals surface area contributed by atoms with Crippen molar-refractivity contribution in [2.24, 2.45) is 7.05 Å². The molecule has 9 heteroatoms. The zero-order chi connectivity index (χ0) is 17.2. The number of carbonyl (C=O) groups excluding carboxylic acids is 1. The van der Waals surface area contributed by atoms with Crippen molar-refractivity contribution in [2.45, 2.75) is 17.6 Å². The fraction of sp³-hybridized carbons (Fsp3) is 0.400. The molecule has 128 valence electrons. The maximum absolute atomic E-state index is 12.0. The Morgan fingerprint density at radius 2 is 2.08 bits per heavy atom. The average Bonchev–Trinajstić information content (AvgIpc) is 3.08. The summed E-state index contributed by atoms with van der Waals surface area (Å²) in [6.07, 6.45) is 0.487. The minimum Gasteiger partial charge on any atom is -0.352 e. The quantitative estimate of drug-likeness (QED) is 0.790. The lowest BCUT2D eigenvalue weighted by Crippen LogP contribution is -2.36. The SMILES string of the molecule is Cn1c(SCC(=O)NC2CCS(=O)(=O)C2)nnc1-c1ccccc1. The average molecular weight is 366 g/mol. The summed E-state index contributed by atoms with van der Waals surface area (Å²) in [6.45, 7) is 0. The minimum atomic E-state index is -2.99. The van der Waals surface area contributed by atoms with Gasteiger partial charge in [0.15, 0.2) is 20.8 Å². The van der Waals surface area contributed by atoms with Gasteiger partial charge in [0.2, 0.25) is 5.91 Å². The van der Waals surface area contributed by atoms with Crippen molar-refractivity contribution in [3.63, 3.8) is 0 Å². The second kappa shape index (κ2) is 6.94. The van der Waals surface area contributed by atoms with Gasteiger partial charge in [0.25, 0.3) is 0 Å². The molecule has 1 fully saturated rings. The van der Waals surface area contributed by atoms with Gasteiger partial charge in [-0.15, -0.1) is 10.2 Å². The van der Waals surface area contributed by atoms with Crippen molar-refractivity contribution in [3.05, 3.63) is 30.3 Å². The molecule has 1 N–H and O–H groups in total. The van der Waals surface area contributed by atoms with Gasteiger partial charge in [-0.1, -0.05) is 42.1 Å². The second-order valence-electron chi connectivity index (χ2n) is 5.69. The van der Waals surface area contributed by atoms with E-state index in [1.165, 1.54) is 11.8 Å². The molecule has 7 nitrogen and oxygen atoms in total. The molecule has 2 aromatic rings. The predicted molar refractivity (Wildman–Crippen MR) is 92.4 cm³/mol. The van der Waals surface area contributed by atoms with Crippen molar-refractivity contribution in [1.82, 2.24) is 20.1 Å². The molecule has 1 aliphatic heterocycles. The molecule has 1 atom stereocenters. The van der Waals surface area contributed by atoms with Crippen molar-refractivity contribution in [1.29, 1.82) is 0 Å². The Morgan fingerprint density at radius 3 is 2.75 bits per heavy atom. The predicted octanol–water partition coefficient (Wildman–Crippen LogP) is 0.877. The molecule has 0 aliphatic carbocycles. The highest BCUT2D eigenvalue weighted by molar-refractivity contribution is 7.99. The van der Waals surface area contributed by atoms with E-state index in [0.29, 0.717) is 11.6 Å². The van der Waals surface area contributed by atoms with Crippen molar-refractivity contribution in [2.75, 3.05) is 17.3 Å². The summed E-state index contributed by atoms with van der Waals surface area (Å²) < 4.78 is 24.7. The van der Waals surface area contributed by atoms with Crippen LogP contribution in [0.1, 0.15) is 6.42 Å². The fourth-order valence-corrected chi connectivity index (χ4v) is 4.98. The normalized spacial score (nSPS) is 19.3. The van der Waals surface area contributed by atoms with Crippen molar-refractivity contribution in [3.8, 4) is 11.4 Å². The molecule has 2 heterocycles. The first-order valence-electron chi connectivity index (χ1n) is 7.52. The smallest absolute Gasteiger partial charge is 0.230 e. The Bertz CT molecular complexity index is 834. The first kappa shape index (κ1) is 17.0. The highest BCUT2D eigenvalue weighted by Crippen LogP contribution is 2.22. The van der Waals surface area contributed by atoms with Crippen LogP contribution in [0.3, 0.4) is 0 Å². The number of rotatable bonds is 5. The zero-order valence-electron chi connectivity index (χ0n) is 13.2. The molecule has 0 spiro atoms. The maximum atomic E-state index is 12.0. The zero-order valence-corrected chi connectivity index (χ0v) is 14.8. The summed E-state index contributed by atoms with van der Waals surface area (Å²) in [7, 11) is -1.14. The summed E-state index contributed by atoms with van der Waals surface area (Å²) >= 11 is 1.28. The topological polar surface area (TPSA) is 94.0 Å². The number of amides is 1. The van der Waals surface area contributed by atoms with Crippen LogP contribution in [-0.4, -0.2) is 52.4 Å². The van der Waals surface area contributed by atoms with Gasteiger partial charge in [0.05, 0.1) is 17.3 Å². The van der Waals surface area contributed by atoms with E-state index in [9.17, 15) is 13.2 Å². The highest BCUT2D eigenvalue weighted by atomic mass is 32.2. The van der Waals surface area contributed by atoms with Crippen LogP contribution in [0.15, 0.2) is 35.5 Å². The van der Waals surface area contributed by atoms with E-state index in [0.717, 1.165) is 11.4 Å². The van der Waals surface area contributed by atoms with Gasteiger partial charge in [-0.3, -0.25) is 4.79 Å². The molecule has 1 unspecified atom stereocenters. The van der Waals surface area contributed by atoms with E-state index in [1.807, 2.05) is 41.9 Å². The lowest BCUT2D eigenvalue weighted by Gasteiger charge is -2.10. The van der Waals surface area contributed by atoms with E-state index in [-0.39, 0.29) is 29.2 Å². The van der Waals surface area contributed by atoms with Crippen molar-refractivity contribution >= 4 is 27.5 Å². The van der Waals surface area contributed by atoms with Crippen LogP contribution >= 0.6 is 11.8 Å². The number of aromatic nitrogens is 3. The molecular formula is C15H18N4O3S2. The monoisotopic (exact) mass is 366 g/mol. The minimum absolute atomic E-state index is 0.0333. The molecule has 1 saturated heterocycles. The molecule has 3 rings (SSSR count). The standard InChI is InChI=1S/C15H18N4O3S2/c1-19-14(11-5-3-2-4-6-11)17-18-15(19)23-9-13(20)16-12-7-8-24(21,22)10-12/h2-6,12H,7-10H2,1H3,(H,16,20). The van der Waals surface area contributed by atoms with E-state index >= 15 is 0 Å². The van der Waals surface area contributed by atoms with Crippen LogP contribution in [0.2, 0.25) is 0 Å². The van der Waals surface area contributed by atoms with Gasteiger partial charge in [-0.25, -0.2) is 8.42 Å². The maximum Gasteiger partial charge on any atom is 0.230 e. The van der Waals surface area contributed by atoms with Gasteiger partial charge in [0, 0.05) is 18.7 Å². The number of hydrogen-bond acceptors (Lipinski definition) is 6. The van der Waals surface area contributed by atoms with Crippen LogP contribution < -0.4 is 5.32 Å². The highest BCUT2D eigenvalue weighted by Gasteiger charge is 2.28. The number of hydrogen-bond donors (Lipinski definition) is 1. The van der Waals surface area contributed by atoms with E-state index in [4.69, 9.17) is 0 Å². The summed E-state index contributed by atoms with van der Waals surface area (Å²) in [5, 5.41) is 11.7. The van der Waals surface area contributed by atoms with Crippen molar-refractivity contribution < 1.29 is 13.2 Å². The second-order valence-corrected chi connectivity index (χ2v) is 8.86. The lowest BCUT2D eigenvalue weighted by atomic mass is 10.2. The Hall–Kier alpha value is -1.87. The molecule has 24 heavy (non-hydrogen) atoms. The van der Waals surface area contributed by atoms with Crippen LogP contribution in [0.4, 0.5) is 0 Å². The van der Waals surface area contributed by atoms with Crippen LogP contribution in [0, 0.1) is 0 Å². The first-order valence-corrected chi connectivity index (χ1v) is 10.3. The number of nitrogens with zero attached hydrogens (tertiary/aromatic N) is 3. The van der Waals surface area contributed by atoms with Gasteiger partial charge in [-0.05, 0) is 6.42 Å². The number of benzene rings is 1. The Morgan fingerprint density at radius 1 is 1.33 bits per heavy atom. The third kappa shape index (κ3) is 3.96. The van der Waals surface area contributed by atoms with Gasteiger partial charge in [0.1, 0.15) is 0 Å². The van der Waals surface area contributed by atoms with E-state index < -0.39 is 9.84 Å². The van der Waals surface area contributed by atoms with E-state index in [2.05, 4.69) is 15.5 Å². The van der Waals surface area contributed by atoms with Crippen LogP contribution in [0.25, 0.3) is 11.4 Å². The molecular weight excluding hydrogens is 348 g/mol. The number of thioether (sulfide) groups is 1. The Kier molecular flexibility index (Phi) is 4.91. The summed E-state index contributed by atoms with van der Waals surface area (Å²) in [5.74, 6) is 0.907. The molecule has 1 aromatic heterocycles. The molecule has 0 radical (unpaired) electrons. The molecule has 0 saturated carbocycles. The number of sulfone groups is 1. The van der Waals surface area contributed by atoms with Crippen LogP contribution in [0.5, 0.6) is 0 Å². The Balaban J connectivity index is 1.57. The van der Waals surface area contributed by atoms with E-state index in [1.54, 1.807) is 0 Å². The third-order valence-corrected chi connectivity index (χ3v) is 6.58. The third-order valence-electron chi connectivity index (χ3n) is 3.80.